The maximum Gasteiger partial charge on any atom is 0.125 e. The first-order valence-corrected chi connectivity index (χ1v) is 7.56. The van der Waals surface area contributed by atoms with Crippen molar-refractivity contribution in [2.45, 2.75) is 26.3 Å². The van der Waals surface area contributed by atoms with Gasteiger partial charge in [-0.1, -0.05) is 43.3 Å². The van der Waals surface area contributed by atoms with Crippen LogP contribution in [0.25, 0.3) is 10.8 Å². The number of nitrogens with one attached hydrogen (secondary N) is 1. The number of hydrogen-bond donors (Lipinski definition) is 1. The molecule has 0 aliphatic carbocycles. The van der Waals surface area contributed by atoms with Gasteiger partial charge in [-0.15, -0.1) is 0 Å². The Kier molecular flexibility index (Phi) is 4.07. The molecule has 0 saturated carbocycles. The molecule has 0 bridgehead atoms. The SMILES string of the molecule is CCCNC(c1ccco1)c1c(C)ccc2ccccc12. The third-order valence-corrected chi connectivity index (χ3v) is 3.90. The molecule has 21 heavy (non-hydrogen) atoms. The van der Waals surface area contributed by atoms with Crippen molar-refractivity contribution >= 4 is 10.8 Å². The van der Waals surface area contributed by atoms with Gasteiger partial charge in [0.1, 0.15) is 5.76 Å². The predicted octanol–water partition coefficient (Wildman–Crippen LogP) is 4.83. The summed E-state index contributed by atoms with van der Waals surface area (Å²) < 4.78 is 5.69. The highest BCUT2D eigenvalue weighted by atomic mass is 16.3. The average Bonchev–Trinajstić information content (AvgIpc) is 3.03. The van der Waals surface area contributed by atoms with Crippen molar-refractivity contribution in [2.75, 3.05) is 6.54 Å². The van der Waals surface area contributed by atoms with Crippen molar-refractivity contribution in [1.29, 1.82) is 0 Å². The third-order valence-electron chi connectivity index (χ3n) is 3.90. The van der Waals surface area contributed by atoms with Gasteiger partial charge in [-0.2, -0.15) is 0 Å². The Labute approximate surface area is 125 Å². The number of aryl methyl sites for hydroxylation is 1. The quantitative estimate of drug-likeness (QED) is 0.723. The number of furan rings is 1. The zero-order valence-corrected chi connectivity index (χ0v) is 12.6. The van der Waals surface area contributed by atoms with E-state index in [-0.39, 0.29) is 6.04 Å². The van der Waals surface area contributed by atoms with E-state index in [2.05, 4.69) is 61.6 Å². The molecule has 3 rings (SSSR count). The van der Waals surface area contributed by atoms with Crippen LogP contribution in [0.5, 0.6) is 0 Å². The van der Waals surface area contributed by atoms with Crippen LogP contribution >= 0.6 is 0 Å². The molecule has 2 nitrogen and oxygen atoms in total. The van der Waals surface area contributed by atoms with Gasteiger partial charge in [0.25, 0.3) is 0 Å². The molecule has 3 aromatic rings. The fraction of sp³-hybridized carbons (Fsp3) is 0.263. The number of benzene rings is 2. The summed E-state index contributed by atoms with van der Waals surface area (Å²) in [6.45, 7) is 5.32. The van der Waals surface area contributed by atoms with Crippen LogP contribution < -0.4 is 5.32 Å². The van der Waals surface area contributed by atoms with E-state index in [9.17, 15) is 0 Å². The molecule has 1 aromatic heterocycles. The second kappa shape index (κ2) is 6.15. The molecule has 108 valence electrons. The summed E-state index contributed by atoms with van der Waals surface area (Å²) in [7, 11) is 0. The maximum absolute atomic E-state index is 5.69. The molecule has 0 amide bonds. The van der Waals surface area contributed by atoms with Crippen LogP contribution in [0.4, 0.5) is 0 Å². The molecule has 0 saturated heterocycles. The highest BCUT2D eigenvalue weighted by Gasteiger charge is 2.20. The summed E-state index contributed by atoms with van der Waals surface area (Å²) in [4.78, 5) is 0. The fourth-order valence-corrected chi connectivity index (χ4v) is 2.88. The van der Waals surface area contributed by atoms with Gasteiger partial charge in [-0.25, -0.2) is 0 Å². The lowest BCUT2D eigenvalue weighted by Crippen LogP contribution is -2.23. The standard InChI is InChI=1S/C19H21NO/c1-3-12-20-19(17-9-6-13-21-17)18-14(2)10-11-15-7-4-5-8-16(15)18/h4-11,13,19-20H,3,12H2,1-2H3. The lowest BCUT2D eigenvalue weighted by molar-refractivity contribution is 0.447. The van der Waals surface area contributed by atoms with Crippen LogP contribution in [0.2, 0.25) is 0 Å². The third kappa shape index (κ3) is 2.72. The highest BCUT2D eigenvalue weighted by Crippen LogP contribution is 2.32. The van der Waals surface area contributed by atoms with Crippen LogP contribution in [-0.4, -0.2) is 6.54 Å². The van der Waals surface area contributed by atoms with Crippen molar-refractivity contribution < 1.29 is 4.42 Å². The highest BCUT2D eigenvalue weighted by molar-refractivity contribution is 5.87. The lowest BCUT2D eigenvalue weighted by atomic mass is 9.93. The van der Waals surface area contributed by atoms with Gasteiger partial charge in [0.2, 0.25) is 0 Å². The molecule has 1 unspecified atom stereocenters. The second-order valence-corrected chi connectivity index (χ2v) is 5.42. The Hall–Kier alpha value is -2.06. The van der Waals surface area contributed by atoms with E-state index in [1.54, 1.807) is 6.26 Å². The fourth-order valence-electron chi connectivity index (χ4n) is 2.88. The summed E-state index contributed by atoms with van der Waals surface area (Å²) in [5.74, 6) is 0.975. The zero-order valence-electron chi connectivity index (χ0n) is 12.6. The van der Waals surface area contributed by atoms with Crippen LogP contribution in [0.3, 0.4) is 0 Å². The molecule has 0 spiro atoms. The van der Waals surface area contributed by atoms with Gasteiger partial charge in [-0.05, 0) is 53.9 Å². The molecular formula is C19H21NO. The molecule has 2 heteroatoms. The van der Waals surface area contributed by atoms with Gasteiger partial charge in [0.05, 0.1) is 12.3 Å². The van der Waals surface area contributed by atoms with E-state index in [1.165, 1.54) is 21.9 Å². The van der Waals surface area contributed by atoms with Crippen LogP contribution in [0.1, 0.15) is 36.3 Å². The molecule has 1 heterocycles. The van der Waals surface area contributed by atoms with Gasteiger partial charge in [0, 0.05) is 0 Å². The summed E-state index contributed by atoms with van der Waals surface area (Å²) in [5, 5.41) is 6.19. The molecule has 2 aromatic carbocycles. The first-order valence-electron chi connectivity index (χ1n) is 7.56. The van der Waals surface area contributed by atoms with Crippen LogP contribution in [-0.2, 0) is 0 Å². The van der Waals surface area contributed by atoms with Crippen molar-refractivity contribution in [2.24, 2.45) is 0 Å². The average molecular weight is 279 g/mol. The monoisotopic (exact) mass is 279 g/mol. The van der Waals surface area contributed by atoms with E-state index >= 15 is 0 Å². The minimum Gasteiger partial charge on any atom is -0.467 e. The van der Waals surface area contributed by atoms with E-state index < -0.39 is 0 Å². The number of rotatable bonds is 5. The molecule has 1 N–H and O–H groups in total. The van der Waals surface area contributed by atoms with E-state index in [0.717, 1.165) is 18.7 Å². The topological polar surface area (TPSA) is 25.2 Å². The van der Waals surface area contributed by atoms with Crippen LogP contribution in [0.15, 0.2) is 59.2 Å². The first kappa shape index (κ1) is 13.9. The molecule has 0 aliphatic rings. The zero-order chi connectivity index (χ0) is 14.7. The van der Waals surface area contributed by atoms with Crippen molar-refractivity contribution in [1.82, 2.24) is 5.32 Å². The second-order valence-electron chi connectivity index (χ2n) is 5.42. The molecular weight excluding hydrogens is 258 g/mol. The summed E-state index contributed by atoms with van der Waals surface area (Å²) in [6, 6.07) is 17.0. The summed E-state index contributed by atoms with van der Waals surface area (Å²) in [5.41, 5.74) is 2.61. The Morgan fingerprint density at radius 2 is 1.90 bits per heavy atom. The predicted molar refractivity (Wildman–Crippen MR) is 87.5 cm³/mol. The lowest BCUT2D eigenvalue weighted by Gasteiger charge is -2.21. The smallest absolute Gasteiger partial charge is 0.125 e. The Bertz CT molecular complexity index is 716. The van der Waals surface area contributed by atoms with Crippen molar-refractivity contribution in [3.63, 3.8) is 0 Å². The van der Waals surface area contributed by atoms with Gasteiger partial charge in [0.15, 0.2) is 0 Å². The van der Waals surface area contributed by atoms with Crippen LogP contribution in [0, 0.1) is 6.92 Å². The first-order chi connectivity index (χ1) is 10.3. The Morgan fingerprint density at radius 1 is 1.05 bits per heavy atom. The molecule has 1 atom stereocenters. The number of fused-ring (bicyclic) bond motifs is 1. The van der Waals surface area contributed by atoms with Gasteiger partial charge in [-0.3, -0.25) is 0 Å². The largest absolute Gasteiger partial charge is 0.467 e. The molecule has 0 aliphatic heterocycles. The molecule has 0 fully saturated rings. The Balaban J connectivity index is 2.16. The van der Waals surface area contributed by atoms with Gasteiger partial charge < -0.3 is 9.73 Å². The summed E-state index contributed by atoms with van der Waals surface area (Å²) >= 11 is 0. The van der Waals surface area contributed by atoms with E-state index in [4.69, 9.17) is 4.42 Å². The van der Waals surface area contributed by atoms with Crippen molar-refractivity contribution in [3.8, 4) is 0 Å². The van der Waals surface area contributed by atoms with Gasteiger partial charge >= 0.3 is 0 Å². The van der Waals surface area contributed by atoms with Crippen molar-refractivity contribution in [3.05, 3.63) is 71.7 Å². The normalized spacial score (nSPS) is 12.7. The molecule has 0 radical (unpaired) electrons. The minimum absolute atomic E-state index is 0.103. The maximum atomic E-state index is 5.69. The van der Waals surface area contributed by atoms with E-state index in [0.29, 0.717) is 0 Å². The summed E-state index contributed by atoms with van der Waals surface area (Å²) in [6.07, 6.45) is 2.84. The minimum atomic E-state index is 0.103. The Morgan fingerprint density at radius 3 is 2.67 bits per heavy atom. The van der Waals surface area contributed by atoms with E-state index in [1.807, 2.05) is 6.07 Å². The number of hydrogen-bond acceptors (Lipinski definition) is 2.